The van der Waals surface area contributed by atoms with Crippen molar-refractivity contribution in [3.05, 3.63) is 111 Å². The van der Waals surface area contributed by atoms with Crippen molar-refractivity contribution in [1.82, 2.24) is 20.1 Å². The molecule has 0 saturated carbocycles. The van der Waals surface area contributed by atoms with Crippen LogP contribution in [0.1, 0.15) is 38.2 Å². The van der Waals surface area contributed by atoms with E-state index in [1.54, 1.807) is 41.3 Å². The molecule has 2 aromatic carbocycles. The molecular weight excluding hydrogens is 575 g/mol. The molecule has 2 aliphatic heterocycles. The number of fused-ring (bicyclic) bond motifs is 1. The Morgan fingerprint density at radius 1 is 0.977 bits per heavy atom. The Bertz CT molecular complexity index is 1780. The van der Waals surface area contributed by atoms with Crippen molar-refractivity contribution in [2.75, 3.05) is 36.0 Å². The molecule has 2 aromatic heterocycles. The Balaban J connectivity index is 1.07. The Morgan fingerprint density at radius 3 is 2.43 bits per heavy atom. The molecule has 1 fully saturated rings. The van der Waals surface area contributed by atoms with Crippen LogP contribution < -0.4 is 20.1 Å². The number of pyridine rings is 1. The van der Waals surface area contributed by atoms with Crippen molar-refractivity contribution in [2.45, 2.75) is 25.9 Å². The molecular formula is C31H26F3N7O3. The number of alkyl halides is 3. The number of piperazine rings is 1. The summed E-state index contributed by atoms with van der Waals surface area (Å²) in [6.45, 7) is 2.87. The summed E-state index contributed by atoms with van der Waals surface area (Å²) in [6.07, 6.45) is -2.26. The van der Waals surface area contributed by atoms with Crippen LogP contribution in [0.2, 0.25) is 0 Å². The van der Waals surface area contributed by atoms with Crippen LogP contribution in [0, 0.1) is 11.3 Å². The van der Waals surface area contributed by atoms with E-state index in [0.717, 1.165) is 28.7 Å². The lowest BCUT2D eigenvalue weighted by Crippen LogP contribution is -2.49. The zero-order chi connectivity index (χ0) is 30.8. The minimum atomic E-state index is -4.82. The summed E-state index contributed by atoms with van der Waals surface area (Å²) in [5, 5.41) is 14.4. The number of nitrogens with zero attached hydrogens (tertiary/aromatic N) is 6. The number of hydrogen-bond acceptors (Lipinski definition) is 8. The summed E-state index contributed by atoms with van der Waals surface area (Å²) < 4.78 is 46.9. The number of aromatic nitrogens is 3. The van der Waals surface area contributed by atoms with E-state index in [9.17, 15) is 22.8 Å². The fourth-order valence-electron chi connectivity index (χ4n) is 5.51. The maximum atomic E-state index is 13.6. The van der Waals surface area contributed by atoms with E-state index >= 15 is 0 Å². The number of nitriles is 1. The number of benzene rings is 2. The highest BCUT2D eigenvalue weighted by molar-refractivity contribution is 5.94. The quantitative estimate of drug-likeness (QED) is 0.351. The normalized spacial score (nSPS) is 14.7. The lowest BCUT2D eigenvalue weighted by atomic mass is 10.0. The first-order chi connectivity index (χ1) is 21.2. The SMILES string of the molecule is N#Cc1ccc(N2CCN(C(=O)c3ccc(OCc4cccc5c4CN(c4cn[nH]c(=O)c4C(F)(F)F)C5)cc3)CC2)nc1. The van der Waals surface area contributed by atoms with Gasteiger partial charge < -0.3 is 19.4 Å². The first-order valence-electron chi connectivity index (χ1n) is 13.8. The van der Waals surface area contributed by atoms with Gasteiger partial charge in [-0.05, 0) is 53.1 Å². The van der Waals surface area contributed by atoms with E-state index in [-0.39, 0.29) is 31.3 Å². The molecule has 224 valence electrons. The third-order valence-electron chi connectivity index (χ3n) is 7.80. The zero-order valence-electron chi connectivity index (χ0n) is 23.3. The van der Waals surface area contributed by atoms with Crippen molar-refractivity contribution in [3.8, 4) is 11.8 Å². The number of nitrogens with one attached hydrogen (secondary N) is 1. The molecule has 0 unspecified atom stereocenters. The van der Waals surface area contributed by atoms with Crippen LogP contribution in [0.3, 0.4) is 0 Å². The predicted octanol–water partition coefficient (Wildman–Crippen LogP) is 4.12. The van der Waals surface area contributed by atoms with Crippen LogP contribution in [0.15, 0.2) is 71.8 Å². The number of amides is 1. The molecule has 44 heavy (non-hydrogen) atoms. The first kappa shape index (κ1) is 28.7. The molecule has 2 aliphatic rings. The Kier molecular flexibility index (Phi) is 7.65. The summed E-state index contributed by atoms with van der Waals surface area (Å²) in [4.78, 5) is 34.8. The molecule has 6 rings (SSSR count). The summed E-state index contributed by atoms with van der Waals surface area (Å²) in [5.41, 5.74) is 0.709. The van der Waals surface area contributed by atoms with Gasteiger partial charge >= 0.3 is 6.18 Å². The maximum Gasteiger partial charge on any atom is 0.423 e. The second-order valence-electron chi connectivity index (χ2n) is 10.5. The molecule has 0 radical (unpaired) electrons. The lowest BCUT2D eigenvalue weighted by molar-refractivity contribution is -0.138. The number of carbonyl (C=O) groups excluding carboxylic acids is 1. The number of carbonyl (C=O) groups is 1. The average molecular weight is 602 g/mol. The molecule has 0 aliphatic carbocycles. The van der Waals surface area contributed by atoms with E-state index in [4.69, 9.17) is 10.00 Å². The summed E-state index contributed by atoms with van der Waals surface area (Å²) in [6, 6.07) is 18.0. The third kappa shape index (κ3) is 5.78. The number of H-pyrrole nitrogens is 1. The average Bonchev–Trinajstić information content (AvgIpc) is 3.48. The Morgan fingerprint density at radius 2 is 1.75 bits per heavy atom. The van der Waals surface area contributed by atoms with E-state index in [2.05, 4.69) is 21.1 Å². The highest BCUT2D eigenvalue weighted by Crippen LogP contribution is 2.37. The van der Waals surface area contributed by atoms with Crippen molar-refractivity contribution >= 4 is 17.4 Å². The number of halogens is 3. The van der Waals surface area contributed by atoms with E-state index in [1.807, 2.05) is 23.3 Å². The number of aromatic amines is 1. The van der Waals surface area contributed by atoms with Gasteiger partial charge in [0.15, 0.2) is 0 Å². The molecule has 0 spiro atoms. The van der Waals surface area contributed by atoms with Crippen molar-refractivity contribution < 1.29 is 22.7 Å². The molecule has 4 aromatic rings. The van der Waals surface area contributed by atoms with Gasteiger partial charge in [-0.2, -0.15) is 23.5 Å². The van der Waals surface area contributed by atoms with Gasteiger partial charge in [0, 0.05) is 51.0 Å². The summed E-state index contributed by atoms with van der Waals surface area (Å²) >= 11 is 0. The fraction of sp³-hybridized carbons (Fsp3) is 0.258. The van der Waals surface area contributed by atoms with Crippen molar-refractivity contribution in [2.24, 2.45) is 0 Å². The number of rotatable bonds is 6. The Hall–Kier alpha value is -5.38. The van der Waals surface area contributed by atoms with Gasteiger partial charge in [-0.1, -0.05) is 18.2 Å². The first-order valence-corrected chi connectivity index (χ1v) is 13.8. The summed E-state index contributed by atoms with van der Waals surface area (Å²) in [7, 11) is 0. The van der Waals surface area contributed by atoms with Gasteiger partial charge in [0.05, 0.1) is 17.4 Å². The molecule has 1 N–H and O–H groups in total. The highest BCUT2D eigenvalue weighted by Gasteiger charge is 2.39. The van der Waals surface area contributed by atoms with Gasteiger partial charge in [-0.3, -0.25) is 9.59 Å². The van der Waals surface area contributed by atoms with Crippen molar-refractivity contribution in [1.29, 1.82) is 5.26 Å². The van der Waals surface area contributed by atoms with Gasteiger partial charge in [-0.25, -0.2) is 10.1 Å². The third-order valence-corrected chi connectivity index (χ3v) is 7.80. The molecule has 13 heteroatoms. The van der Waals surface area contributed by atoms with Gasteiger partial charge in [0.25, 0.3) is 11.5 Å². The molecule has 10 nitrogen and oxygen atoms in total. The van der Waals surface area contributed by atoms with E-state index < -0.39 is 17.3 Å². The van der Waals surface area contributed by atoms with Crippen LogP contribution >= 0.6 is 0 Å². The van der Waals surface area contributed by atoms with Crippen LogP contribution in [-0.4, -0.2) is 52.2 Å². The largest absolute Gasteiger partial charge is 0.489 e. The fourth-order valence-corrected chi connectivity index (χ4v) is 5.51. The summed E-state index contributed by atoms with van der Waals surface area (Å²) in [5.74, 6) is 1.23. The van der Waals surface area contributed by atoms with E-state index in [1.165, 1.54) is 11.1 Å². The molecule has 4 heterocycles. The van der Waals surface area contributed by atoms with Gasteiger partial charge in [-0.15, -0.1) is 0 Å². The number of ether oxygens (including phenoxy) is 1. The molecule has 1 saturated heterocycles. The van der Waals surface area contributed by atoms with Crippen LogP contribution in [0.4, 0.5) is 24.7 Å². The second kappa shape index (κ2) is 11.7. The number of anilines is 2. The molecule has 1 amide bonds. The molecule has 0 bridgehead atoms. The van der Waals surface area contributed by atoms with Crippen molar-refractivity contribution in [3.63, 3.8) is 0 Å². The lowest BCUT2D eigenvalue weighted by Gasteiger charge is -2.35. The monoisotopic (exact) mass is 601 g/mol. The smallest absolute Gasteiger partial charge is 0.423 e. The van der Waals surface area contributed by atoms with Gasteiger partial charge in [0.2, 0.25) is 0 Å². The van der Waals surface area contributed by atoms with Crippen LogP contribution in [-0.2, 0) is 25.9 Å². The number of hydrogen-bond donors (Lipinski definition) is 1. The zero-order valence-corrected chi connectivity index (χ0v) is 23.3. The predicted molar refractivity (Wildman–Crippen MR) is 154 cm³/mol. The minimum absolute atomic E-state index is 0.0857. The standard InChI is InChI=1S/C31H26F3N7O3/c32-31(33,34)28-26(16-37-38-29(28)42)41-17-22-2-1-3-23(25(22)18-41)19-44-24-7-5-21(6-8-24)30(43)40-12-10-39(11-13-40)27-9-4-20(14-35)15-36-27/h1-9,15-16H,10-13,17-19H2,(H,38,42). The second-order valence-corrected chi connectivity index (χ2v) is 10.5. The molecule has 0 atom stereocenters. The Labute approximate surface area is 249 Å². The van der Waals surface area contributed by atoms with Gasteiger partial charge in [0.1, 0.15) is 29.8 Å². The maximum absolute atomic E-state index is 13.6. The topological polar surface area (TPSA) is 118 Å². The van der Waals surface area contributed by atoms with E-state index in [0.29, 0.717) is 43.1 Å². The highest BCUT2D eigenvalue weighted by atomic mass is 19.4. The minimum Gasteiger partial charge on any atom is -0.489 e. The van der Waals surface area contributed by atoms with Crippen LogP contribution in [0.25, 0.3) is 0 Å². The van der Waals surface area contributed by atoms with Crippen LogP contribution in [0.5, 0.6) is 5.75 Å².